The average Bonchev–Trinajstić information content (AvgIpc) is 2.67. The summed E-state index contributed by atoms with van der Waals surface area (Å²) in [5.74, 6) is -5.53. The molecule has 0 saturated carbocycles. The minimum absolute atomic E-state index is 0.193. The van der Waals surface area contributed by atoms with Crippen molar-refractivity contribution in [2.45, 2.75) is 18.9 Å². The van der Waals surface area contributed by atoms with Crippen molar-refractivity contribution in [1.29, 1.82) is 0 Å². The normalized spacial score (nSPS) is 15.0. The number of hydrogen-bond donors (Lipinski definition) is 1. The van der Waals surface area contributed by atoms with Gasteiger partial charge in [-0.05, 0) is 37.1 Å². The molecule has 1 fully saturated rings. The summed E-state index contributed by atoms with van der Waals surface area (Å²) in [4.78, 5) is 30.1. The van der Waals surface area contributed by atoms with E-state index in [4.69, 9.17) is 0 Å². The van der Waals surface area contributed by atoms with Crippen LogP contribution in [-0.2, 0) is 0 Å². The number of carbonyl (C=O) groups excluding carboxylic acids is 2. The van der Waals surface area contributed by atoms with E-state index in [1.165, 1.54) is 6.20 Å². The third-order valence-electron chi connectivity index (χ3n) is 4.28. The maximum absolute atomic E-state index is 13.7. The maximum Gasteiger partial charge on any atom is 0.272 e. The first kappa shape index (κ1) is 17.9. The Bertz CT molecular complexity index is 822. The van der Waals surface area contributed by atoms with Crippen molar-refractivity contribution in [3.8, 4) is 0 Å². The number of rotatable bonds is 3. The molecule has 1 aromatic carbocycles. The molecular weight excluding hydrogens is 347 g/mol. The number of halogens is 3. The summed E-state index contributed by atoms with van der Waals surface area (Å²) < 4.78 is 39.9. The molecule has 136 valence electrons. The predicted octanol–water partition coefficient (Wildman–Crippen LogP) is 2.53. The molecule has 1 aliphatic heterocycles. The van der Waals surface area contributed by atoms with Crippen LogP contribution < -0.4 is 5.32 Å². The summed E-state index contributed by atoms with van der Waals surface area (Å²) in [5.41, 5.74) is -0.199. The summed E-state index contributed by atoms with van der Waals surface area (Å²) in [6.07, 6.45) is 2.47. The Kier molecular flexibility index (Phi) is 5.20. The van der Waals surface area contributed by atoms with E-state index >= 15 is 0 Å². The first-order valence-corrected chi connectivity index (χ1v) is 8.12. The van der Waals surface area contributed by atoms with Gasteiger partial charge < -0.3 is 10.2 Å². The van der Waals surface area contributed by atoms with Crippen molar-refractivity contribution in [1.82, 2.24) is 15.2 Å². The number of aromatic nitrogens is 1. The van der Waals surface area contributed by atoms with Crippen LogP contribution in [0.5, 0.6) is 0 Å². The molecule has 3 rings (SSSR count). The van der Waals surface area contributed by atoms with E-state index < -0.39 is 28.9 Å². The highest BCUT2D eigenvalue weighted by Crippen LogP contribution is 2.17. The smallest absolute Gasteiger partial charge is 0.272 e. The second-order valence-electron chi connectivity index (χ2n) is 5.98. The second kappa shape index (κ2) is 7.55. The number of benzene rings is 1. The number of nitrogens with one attached hydrogen (secondary N) is 1. The van der Waals surface area contributed by atoms with Gasteiger partial charge in [0.2, 0.25) is 0 Å². The Hall–Kier alpha value is -2.90. The van der Waals surface area contributed by atoms with Gasteiger partial charge in [-0.25, -0.2) is 13.2 Å². The van der Waals surface area contributed by atoms with Crippen LogP contribution in [0.4, 0.5) is 13.2 Å². The molecule has 0 unspecified atom stereocenters. The van der Waals surface area contributed by atoms with Gasteiger partial charge in [0.1, 0.15) is 5.69 Å². The minimum atomic E-state index is -1.67. The number of piperidine rings is 1. The standard InChI is InChI=1S/C18H16F3N3O2/c19-13-5-4-12(15(20)16(13)21)17(25)23-11-6-9-24(10-7-11)18(26)14-3-1-2-8-22-14/h1-5,8,11H,6-7,9-10H2,(H,23,25). The first-order valence-electron chi connectivity index (χ1n) is 8.12. The highest BCUT2D eigenvalue weighted by atomic mass is 19.2. The molecule has 1 aliphatic rings. The molecule has 5 nitrogen and oxygen atoms in total. The molecule has 2 aromatic rings. The zero-order chi connectivity index (χ0) is 18.7. The number of carbonyl (C=O) groups is 2. The van der Waals surface area contributed by atoms with E-state index in [0.29, 0.717) is 37.7 Å². The fourth-order valence-electron chi connectivity index (χ4n) is 2.84. The Labute approximate surface area is 147 Å². The SMILES string of the molecule is O=C(NC1CCN(C(=O)c2ccccn2)CC1)c1ccc(F)c(F)c1F. The van der Waals surface area contributed by atoms with E-state index in [9.17, 15) is 22.8 Å². The number of pyridine rings is 1. The van der Waals surface area contributed by atoms with E-state index in [-0.39, 0.29) is 11.9 Å². The Morgan fingerprint density at radius 3 is 2.42 bits per heavy atom. The first-order chi connectivity index (χ1) is 12.5. The van der Waals surface area contributed by atoms with Crippen LogP contribution in [0.25, 0.3) is 0 Å². The van der Waals surface area contributed by atoms with Gasteiger partial charge in [0.25, 0.3) is 11.8 Å². The lowest BCUT2D eigenvalue weighted by molar-refractivity contribution is 0.0692. The number of amides is 2. The van der Waals surface area contributed by atoms with E-state index in [2.05, 4.69) is 10.3 Å². The molecule has 2 heterocycles. The molecule has 1 saturated heterocycles. The van der Waals surface area contributed by atoms with Crippen LogP contribution in [0, 0.1) is 17.5 Å². The molecule has 0 aliphatic carbocycles. The monoisotopic (exact) mass is 363 g/mol. The third kappa shape index (κ3) is 3.68. The van der Waals surface area contributed by atoms with Gasteiger partial charge in [0.05, 0.1) is 5.56 Å². The van der Waals surface area contributed by atoms with Crippen molar-refractivity contribution < 1.29 is 22.8 Å². The van der Waals surface area contributed by atoms with Gasteiger partial charge in [0, 0.05) is 25.3 Å². The number of hydrogen-bond acceptors (Lipinski definition) is 3. The molecular formula is C18H16F3N3O2. The highest BCUT2D eigenvalue weighted by Gasteiger charge is 2.26. The Balaban J connectivity index is 1.58. The predicted molar refractivity (Wildman–Crippen MR) is 86.9 cm³/mol. The summed E-state index contributed by atoms with van der Waals surface area (Å²) in [7, 11) is 0. The van der Waals surface area contributed by atoms with Crippen LogP contribution in [-0.4, -0.2) is 40.8 Å². The Morgan fingerprint density at radius 2 is 1.77 bits per heavy atom. The van der Waals surface area contributed by atoms with Crippen LogP contribution in [0.15, 0.2) is 36.5 Å². The molecule has 0 bridgehead atoms. The van der Waals surface area contributed by atoms with Crippen molar-refractivity contribution in [2.24, 2.45) is 0 Å². The third-order valence-corrected chi connectivity index (χ3v) is 4.28. The lowest BCUT2D eigenvalue weighted by atomic mass is 10.0. The number of likely N-dealkylation sites (tertiary alicyclic amines) is 1. The van der Waals surface area contributed by atoms with Gasteiger partial charge in [-0.15, -0.1) is 0 Å². The van der Waals surface area contributed by atoms with Crippen LogP contribution in [0.3, 0.4) is 0 Å². The van der Waals surface area contributed by atoms with E-state index in [1.54, 1.807) is 23.1 Å². The molecule has 0 atom stereocenters. The molecule has 1 N–H and O–H groups in total. The summed E-state index contributed by atoms with van der Waals surface area (Å²) in [6, 6.07) is 6.40. The van der Waals surface area contributed by atoms with Gasteiger partial charge >= 0.3 is 0 Å². The Morgan fingerprint density at radius 1 is 1.04 bits per heavy atom. The highest BCUT2D eigenvalue weighted by molar-refractivity contribution is 5.95. The van der Waals surface area contributed by atoms with Crippen LogP contribution in [0.1, 0.15) is 33.7 Å². The van der Waals surface area contributed by atoms with Crippen molar-refractivity contribution in [3.05, 3.63) is 65.2 Å². The van der Waals surface area contributed by atoms with Crippen molar-refractivity contribution in [2.75, 3.05) is 13.1 Å². The van der Waals surface area contributed by atoms with Crippen molar-refractivity contribution >= 4 is 11.8 Å². The number of nitrogens with zero attached hydrogens (tertiary/aromatic N) is 2. The fraction of sp³-hybridized carbons (Fsp3) is 0.278. The summed E-state index contributed by atoms with van der Waals surface area (Å²) in [5, 5.41) is 2.60. The molecule has 8 heteroatoms. The molecule has 1 aromatic heterocycles. The molecule has 26 heavy (non-hydrogen) atoms. The lowest BCUT2D eigenvalue weighted by Crippen LogP contribution is -2.46. The molecule has 0 radical (unpaired) electrons. The maximum atomic E-state index is 13.7. The topological polar surface area (TPSA) is 62.3 Å². The van der Waals surface area contributed by atoms with E-state index in [0.717, 1.165) is 6.07 Å². The molecule has 2 amide bonds. The summed E-state index contributed by atoms with van der Waals surface area (Å²) >= 11 is 0. The fourth-order valence-corrected chi connectivity index (χ4v) is 2.84. The second-order valence-corrected chi connectivity index (χ2v) is 5.98. The quantitative estimate of drug-likeness (QED) is 0.853. The van der Waals surface area contributed by atoms with Crippen molar-refractivity contribution in [3.63, 3.8) is 0 Å². The average molecular weight is 363 g/mol. The van der Waals surface area contributed by atoms with Gasteiger partial charge in [-0.1, -0.05) is 6.07 Å². The minimum Gasteiger partial charge on any atom is -0.349 e. The zero-order valence-corrected chi connectivity index (χ0v) is 13.7. The molecule has 0 spiro atoms. The van der Waals surface area contributed by atoms with Crippen LogP contribution >= 0.6 is 0 Å². The summed E-state index contributed by atoms with van der Waals surface area (Å²) in [6.45, 7) is 0.807. The van der Waals surface area contributed by atoms with Gasteiger partial charge in [-0.3, -0.25) is 14.6 Å². The zero-order valence-electron chi connectivity index (χ0n) is 13.7. The lowest BCUT2D eigenvalue weighted by Gasteiger charge is -2.32. The largest absolute Gasteiger partial charge is 0.349 e. The van der Waals surface area contributed by atoms with Gasteiger partial charge in [0.15, 0.2) is 17.5 Å². The van der Waals surface area contributed by atoms with E-state index in [1.807, 2.05) is 0 Å². The van der Waals surface area contributed by atoms with Gasteiger partial charge in [-0.2, -0.15) is 0 Å². The van der Waals surface area contributed by atoms with Crippen LogP contribution in [0.2, 0.25) is 0 Å².